The SMILES string of the molecule is CCCCn1c(=O)n(C)c(=O)c2[nH]c(C)nc21. The van der Waals surface area contributed by atoms with Gasteiger partial charge >= 0.3 is 5.69 Å². The number of nitrogens with one attached hydrogen (secondary N) is 1. The van der Waals surface area contributed by atoms with E-state index in [-0.39, 0.29) is 11.2 Å². The number of fused-ring (bicyclic) bond motifs is 1. The fourth-order valence-electron chi connectivity index (χ4n) is 1.87. The van der Waals surface area contributed by atoms with Gasteiger partial charge in [-0.1, -0.05) is 13.3 Å². The first-order valence-electron chi connectivity index (χ1n) is 5.72. The molecule has 0 unspecified atom stereocenters. The number of rotatable bonds is 3. The van der Waals surface area contributed by atoms with Gasteiger partial charge in [-0.05, 0) is 13.3 Å². The summed E-state index contributed by atoms with van der Waals surface area (Å²) in [7, 11) is 1.49. The zero-order valence-corrected chi connectivity index (χ0v) is 10.3. The molecule has 6 heteroatoms. The Labute approximate surface area is 97.9 Å². The summed E-state index contributed by atoms with van der Waals surface area (Å²) in [6.45, 7) is 4.42. The van der Waals surface area contributed by atoms with E-state index in [9.17, 15) is 9.59 Å². The molecule has 2 rings (SSSR count). The van der Waals surface area contributed by atoms with Crippen LogP contribution in [-0.4, -0.2) is 19.1 Å². The van der Waals surface area contributed by atoms with E-state index in [4.69, 9.17) is 0 Å². The van der Waals surface area contributed by atoms with Crippen molar-refractivity contribution in [3.05, 3.63) is 26.7 Å². The lowest BCUT2D eigenvalue weighted by atomic mass is 10.3. The van der Waals surface area contributed by atoms with Gasteiger partial charge in [-0.25, -0.2) is 9.78 Å². The maximum absolute atomic E-state index is 12.0. The molecular formula is C11H16N4O2. The molecule has 2 heterocycles. The van der Waals surface area contributed by atoms with Gasteiger partial charge in [-0.3, -0.25) is 13.9 Å². The van der Waals surface area contributed by atoms with Crippen LogP contribution in [0.1, 0.15) is 25.6 Å². The van der Waals surface area contributed by atoms with Crippen molar-refractivity contribution in [2.75, 3.05) is 0 Å². The number of aromatic nitrogens is 4. The van der Waals surface area contributed by atoms with Crippen molar-refractivity contribution in [1.82, 2.24) is 19.1 Å². The molecule has 0 aromatic carbocycles. The number of H-pyrrole nitrogens is 1. The Balaban J connectivity index is 2.80. The minimum atomic E-state index is -0.321. The molecular weight excluding hydrogens is 220 g/mol. The van der Waals surface area contributed by atoms with Crippen molar-refractivity contribution < 1.29 is 0 Å². The highest BCUT2D eigenvalue weighted by Gasteiger charge is 2.13. The quantitative estimate of drug-likeness (QED) is 0.845. The monoisotopic (exact) mass is 236 g/mol. The van der Waals surface area contributed by atoms with Gasteiger partial charge < -0.3 is 4.98 Å². The molecule has 0 saturated carbocycles. The van der Waals surface area contributed by atoms with Crippen molar-refractivity contribution in [3.63, 3.8) is 0 Å². The van der Waals surface area contributed by atoms with Gasteiger partial charge in [0.2, 0.25) is 0 Å². The molecule has 0 aliphatic carbocycles. The third-order valence-corrected chi connectivity index (χ3v) is 2.83. The average molecular weight is 236 g/mol. The number of nitrogens with zero attached hydrogens (tertiary/aromatic N) is 3. The highest BCUT2D eigenvalue weighted by atomic mass is 16.2. The molecule has 0 radical (unpaired) electrons. The van der Waals surface area contributed by atoms with Gasteiger partial charge in [0.25, 0.3) is 5.56 Å². The van der Waals surface area contributed by atoms with Crippen molar-refractivity contribution in [1.29, 1.82) is 0 Å². The lowest BCUT2D eigenvalue weighted by Crippen LogP contribution is -2.38. The van der Waals surface area contributed by atoms with Gasteiger partial charge in [0.05, 0.1) is 0 Å². The molecule has 17 heavy (non-hydrogen) atoms. The summed E-state index contributed by atoms with van der Waals surface area (Å²) >= 11 is 0. The zero-order valence-electron chi connectivity index (χ0n) is 10.3. The number of aryl methyl sites for hydroxylation is 2. The number of hydrogen-bond donors (Lipinski definition) is 1. The largest absolute Gasteiger partial charge is 0.336 e. The first kappa shape index (κ1) is 11.6. The molecule has 0 aliphatic heterocycles. The summed E-state index contributed by atoms with van der Waals surface area (Å²) in [5.41, 5.74) is 0.241. The summed E-state index contributed by atoms with van der Waals surface area (Å²) in [5, 5.41) is 0. The Kier molecular flexibility index (Phi) is 2.87. The van der Waals surface area contributed by atoms with E-state index < -0.39 is 0 Å². The Morgan fingerprint density at radius 1 is 1.35 bits per heavy atom. The minimum absolute atomic E-state index is 0.303. The fourth-order valence-corrected chi connectivity index (χ4v) is 1.87. The normalized spacial score (nSPS) is 11.2. The van der Waals surface area contributed by atoms with Crippen LogP contribution in [0.2, 0.25) is 0 Å². The summed E-state index contributed by atoms with van der Waals surface area (Å²) < 4.78 is 2.68. The highest BCUT2D eigenvalue weighted by Crippen LogP contribution is 2.05. The van der Waals surface area contributed by atoms with Crippen LogP contribution in [0, 0.1) is 6.92 Å². The highest BCUT2D eigenvalue weighted by molar-refractivity contribution is 5.69. The summed E-state index contributed by atoms with van der Waals surface area (Å²) in [5.74, 6) is 0.646. The van der Waals surface area contributed by atoms with Crippen LogP contribution in [0.3, 0.4) is 0 Å². The van der Waals surface area contributed by atoms with Crippen LogP contribution in [0.5, 0.6) is 0 Å². The van der Waals surface area contributed by atoms with Crippen molar-refractivity contribution in [2.24, 2.45) is 7.05 Å². The van der Waals surface area contributed by atoms with Crippen LogP contribution >= 0.6 is 0 Å². The molecule has 2 aromatic heterocycles. The minimum Gasteiger partial charge on any atom is -0.336 e. The van der Waals surface area contributed by atoms with Gasteiger partial charge in [-0.2, -0.15) is 0 Å². The molecule has 0 atom stereocenters. The van der Waals surface area contributed by atoms with Crippen molar-refractivity contribution >= 4 is 11.2 Å². The molecule has 0 aliphatic rings. The average Bonchev–Trinajstić information content (AvgIpc) is 2.68. The van der Waals surface area contributed by atoms with Crippen LogP contribution in [0.15, 0.2) is 9.59 Å². The molecule has 92 valence electrons. The second-order valence-electron chi connectivity index (χ2n) is 4.17. The third kappa shape index (κ3) is 1.79. The van der Waals surface area contributed by atoms with Crippen molar-refractivity contribution in [3.8, 4) is 0 Å². The fraction of sp³-hybridized carbons (Fsp3) is 0.545. The number of unbranched alkanes of at least 4 members (excludes halogenated alkanes) is 1. The van der Waals surface area contributed by atoms with Crippen LogP contribution in [-0.2, 0) is 13.6 Å². The molecule has 0 fully saturated rings. The molecule has 0 spiro atoms. The summed E-state index contributed by atoms with van der Waals surface area (Å²) in [6.07, 6.45) is 1.87. The number of aromatic amines is 1. The Hall–Kier alpha value is -1.85. The molecule has 2 aromatic rings. The van der Waals surface area contributed by atoms with Gasteiger partial charge in [0, 0.05) is 13.6 Å². The third-order valence-electron chi connectivity index (χ3n) is 2.83. The smallest absolute Gasteiger partial charge is 0.332 e. The summed E-state index contributed by atoms with van der Waals surface area (Å²) in [4.78, 5) is 31.0. The molecule has 1 N–H and O–H groups in total. The maximum atomic E-state index is 12.0. The Bertz CT molecular complexity index is 662. The van der Waals surface area contributed by atoms with E-state index in [0.717, 1.165) is 17.4 Å². The Morgan fingerprint density at radius 3 is 2.71 bits per heavy atom. The van der Waals surface area contributed by atoms with E-state index in [0.29, 0.717) is 23.5 Å². The van der Waals surface area contributed by atoms with Gasteiger partial charge in [0.15, 0.2) is 5.65 Å². The number of imidazole rings is 1. The van der Waals surface area contributed by atoms with E-state index in [1.807, 2.05) is 0 Å². The summed E-state index contributed by atoms with van der Waals surface area (Å²) in [6, 6.07) is 0. The lowest BCUT2D eigenvalue weighted by molar-refractivity contribution is 0.584. The van der Waals surface area contributed by atoms with Crippen LogP contribution < -0.4 is 11.2 Å². The topological polar surface area (TPSA) is 72.7 Å². The van der Waals surface area contributed by atoms with Crippen molar-refractivity contribution in [2.45, 2.75) is 33.2 Å². The number of hydrogen-bond acceptors (Lipinski definition) is 3. The van der Waals surface area contributed by atoms with Crippen LogP contribution in [0.25, 0.3) is 11.2 Å². The first-order chi connectivity index (χ1) is 8.06. The Morgan fingerprint density at radius 2 is 2.06 bits per heavy atom. The molecule has 0 saturated heterocycles. The second-order valence-corrected chi connectivity index (χ2v) is 4.17. The van der Waals surface area contributed by atoms with E-state index in [1.165, 1.54) is 7.05 Å². The maximum Gasteiger partial charge on any atom is 0.332 e. The van der Waals surface area contributed by atoms with E-state index in [1.54, 1.807) is 11.5 Å². The molecule has 6 nitrogen and oxygen atoms in total. The molecule has 0 bridgehead atoms. The van der Waals surface area contributed by atoms with E-state index in [2.05, 4.69) is 16.9 Å². The second kappa shape index (κ2) is 4.20. The molecule has 0 amide bonds. The predicted octanol–water partition coefficient (Wildman–Crippen LogP) is 0.532. The first-order valence-corrected chi connectivity index (χ1v) is 5.72. The standard InChI is InChI=1S/C11H16N4O2/c1-4-5-6-15-9-8(12-7(2)13-9)10(16)14(3)11(15)17/h4-6H2,1-3H3,(H,12,13). The van der Waals surface area contributed by atoms with Crippen LogP contribution in [0.4, 0.5) is 0 Å². The zero-order chi connectivity index (χ0) is 12.6. The lowest BCUT2D eigenvalue weighted by Gasteiger charge is -2.07. The van der Waals surface area contributed by atoms with Gasteiger partial charge in [-0.15, -0.1) is 0 Å². The van der Waals surface area contributed by atoms with E-state index >= 15 is 0 Å². The predicted molar refractivity (Wildman–Crippen MR) is 65.2 cm³/mol. The van der Waals surface area contributed by atoms with Gasteiger partial charge in [0.1, 0.15) is 11.3 Å².